The number of hydrogen-bond donors (Lipinski definition) is 2. The van der Waals surface area contributed by atoms with Crippen LogP contribution in [0.15, 0.2) is 17.8 Å². The van der Waals surface area contributed by atoms with Crippen molar-refractivity contribution in [3.05, 3.63) is 17.8 Å². The fourth-order valence-corrected chi connectivity index (χ4v) is 4.30. The van der Waals surface area contributed by atoms with E-state index in [-0.39, 0.29) is 30.4 Å². The average Bonchev–Trinajstić information content (AvgIpc) is 3.24. The Hall–Kier alpha value is -1.44. The van der Waals surface area contributed by atoms with Gasteiger partial charge in [0.1, 0.15) is 23.0 Å². The molecule has 0 bridgehead atoms. The van der Waals surface area contributed by atoms with Gasteiger partial charge in [0.25, 0.3) is 0 Å². The highest BCUT2D eigenvalue weighted by molar-refractivity contribution is 7.16. The number of piperidine rings is 1. The minimum atomic E-state index is -0.116. The van der Waals surface area contributed by atoms with E-state index in [1.807, 2.05) is 11.4 Å². The Kier molecular flexibility index (Phi) is 5.53. The molecule has 6 nitrogen and oxygen atoms in total. The van der Waals surface area contributed by atoms with Crippen LogP contribution in [0, 0.1) is 0 Å². The summed E-state index contributed by atoms with van der Waals surface area (Å²) in [5, 5.41) is 9.65. The van der Waals surface area contributed by atoms with E-state index in [4.69, 9.17) is 0 Å². The molecule has 4 rings (SSSR count). The topological polar surface area (TPSA) is 70.2 Å². The number of rotatable bonds is 3. The van der Waals surface area contributed by atoms with Crippen LogP contribution in [0.4, 0.5) is 5.82 Å². The summed E-state index contributed by atoms with van der Waals surface area (Å²) in [5.41, 5.74) is 0. The number of thiophene rings is 1. The molecule has 2 unspecified atom stereocenters. The molecule has 2 atom stereocenters. The highest BCUT2D eigenvalue weighted by Crippen LogP contribution is 2.31. The molecule has 8 heteroatoms. The first-order chi connectivity index (χ1) is 11.3. The summed E-state index contributed by atoms with van der Waals surface area (Å²) in [7, 11) is 0. The first kappa shape index (κ1) is 17.4. The predicted molar refractivity (Wildman–Crippen MR) is 99.1 cm³/mol. The molecule has 2 fully saturated rings. The molecule has 2 aromatic heterocycles. The van der Waals surface area contributed by atoms with Gasteiger partial charge in [-0.15, -0.1) is 23.7 Å². The molecular formula is C16H22ClN5OS. The standard InChI is InChI=1S/C16H21N5OS.ClH/c22-15(20-11-3-1-6-17-9-11)13-4-2-7-21(13)14-12-5-8-23-16(12)19-10-18-14;/h5,8,10-11,13,17H,1-4,6-7,9H2,(H,20,22);1H. The van der Waals surface area contributed by atoms with Crippen LogP contribution in [-0.2, 0) is 4.79 Å². The number of fused-ring (bicyclic) bond motifs is 1. The lowest BCUT2D eigenvalue weighted by atomic mass is 10.1. The van der Waals surface area contributed by atoms with Crippen molar-refractivity contribution >= 4 is 45.7 Å². The van der Waals surface area contributed by atoms with Crippen molar-refractivity contribution in [2.75, 3.05) is 24.5 Å². The van der Waals surface area contributed by atoms with Gasteiger partial charge in [-0.2, -0.15) is 0 Å². The SMILES string of the molecule is Cl.O=C(NC1CCCNC1)C1CCCN1c1ncnc2sccc12. The summed E-state index contributed by atoms with van der Waals surface area (Å²) in [5.74, 6) is 1.04. The number of halogens is 1. The minimum absolute atomic E-state index is 0. The number of aromatic nitrogens is 2. The van der Waals surface area contributed by atoms with E-state index in [9.17, 15) is 4.79 Å². The number of nitrogens with one attached hydrogen (secondary N) is 2. The third-order valence-corrected chi connectivity index (χ3v) is 5.53. The van der Waals surface area contributed by atoms with Gasteiger partial charge in [-0.05, 0) is 43.7 Å². The molecule has 0 saturated carbocycles. The maximum atomic E-state index is 12.8. The molecule has 24 heavy (non-hydrogen) atoms. The largest absolute Gasteiger partial charge is 0.350 e. The van der Waals surface area contributed by atoms with Crippen LogP contribution in [0.25, 0.3) is 10.2 Å². The lowest BCUT2D eigenvalue weighted by molar-refractivity contribution is -0.123. The van der Waals surface area contributed by atoms with E-state index in [2.05, 4.69) is 25.5 Å². The Bertz CT molecular complexity index is 703. The average molecular weight is 368 g/mol. The predicted octanol–water partition coefficient (Wildman–Crippen LogP) is 1.95. The second-order valence-electron chi connectivity index (χ2n) is 6.24. The summed E-state index contributed by atoms with van der Waals surface area (Å²) in [6.07, 6.45) is 5.71. The fraction of sp³-hybridized carbons (Fsp3) is 0.562. The second kappa shape index (κ2) is 7.63. The van der Waals surface area contributed by atoms with Crippen LogP contribution in [0.2, 0.25) is 0 Å². The summed E-state index contributed by atoms with van der Waals surface area (Å²) in [4.78, 5) is 24.7. The van der Waals surface area contributed by atoms with Crippen LogP contribution >= 0.6 is 23.7 Å². The molecule has 2 aliphatic heterocycles. The summed E-state index contributed by atoms with van der Waals surface area (Å²) in [6, 6.07) is 2.19. The molecule has 2 N–H and O–H groups in total. The molecule has 2 saturated heterocycles. The van der Waals surface area contributed by atoms with E-state index in [1.54, 1.807) is 17.7 Å². The highest BCUT2D eigenvalue weighted by Gasteiger charge is 2.33. The van der Waals surface area contributed by atoms with Crippen molar-refractivity contribution in [2.24, 2.45) is 0 Å². The zero-order valence-electron chi connectivity index (χ0n) is 13.4. The van der Waals surface area contributed by atoms with Gasteiger partial charge in [0, 0.05) is 19.1 Å². The Balaban J connectivity index is 0.00000169. The first-order valence-corrected chi connectivity index (χ1v) is 9.17. The van der Waals surface area contributed by atoms with Gasteiger partial charge < -0.3 is 15.5 Å². The summed E-state index contributed by atoms with van der Waals surface area (Å²) >= 11 is 1.61. The number of carbonyl (C=O) groups is 1. The van der Waals surface area contributed by atoms with Crippen molar-refractivity contribution in [2.45, 2.75) is 37.8 Å². The van der Waals surface area contributed by atoms with Crippen molar-refractivity contribution in [3.8, 4) is 0 Å². The first-order valence-electron chi connectivity index (χ1n) is 8.29. The van der Waals surface area contributed by atoms with Crippen molar-refractivity contribution in [3.63, 3.8) is 0 Å². The van der Waals surface area contributed by atoms with Gasteiger partial charge in [0.05, 0.1) is 5.39 Å². The van der Waals surface area contributed by atoms with Gasteiger partial charge in [-0.25, -0.2) is 9.97 Å². The Morgan fingerprint density at radius 3 is 3.08 bits per heavy atom. The van der Waals surface area contributed by atoms with Crippen LogP contribution < -0.4 is 15.5 Å². The maximum absolute atomic E-state index is 12.8. The summed E-state index contributed by atoms with van der Waals surface area (Å²) < 4.78 is 0. The minimum Gasteiger partial charge on any atom is -0.350 e. The molecule has 1 amide bonds. The summed E-state index contributed by atoms with van der Waals surface area (Å²) in [6.45, 7) is 2.81. The number of anilines is 1. The van der Waals surface area contributed by atoms with E-state index < -0.39 is 0 Å². The lowest BCUT2D eigenvalue weighted by Gasteiger charge is -2.29. The van der Waals surface area contributed by atoms with Crippen molar-refractivity contribution in [1.82, 2.24) is 20.6 Å². The quantitative estimate of drug-likeness (QED) is 0.867. The van der Waals surface area contributed by atoms with E-state index in [0.29, 0.717) is 0 Å². The fourth-order valence-electron chi connectivity index (χ4n) is 3.57. The zero-order valence-corrected chi connectivity index (χ0v) is 15.0. The lowest BCUT2D eigenvalue weighted by Crippen LogP contribution is -2.51. The van der Waals surface area contributed by atoms with Gasteiger partial charge in [0.2, 0.25) is 5.91 Å². The van der Waals surface area contributed by atoms with E-state index >= 15 is 0 Å². The Morgan fingerprint density at radius 2 is 2.25 bits per heavy atom. The molecule has 130 valence electrons. The third-order valence-electron chi connectivity index (χ3n) is 4.71. The smallest absolute Gasteiger partial charge is 0.243 e. The molecule has 2 aliphatic rings. The molecule has 0 radical (unpaired) electrons. The monoisotopic (exact) mass is 367 g/mol. The molecule has 2 aromatic rings. The van der Waals surface area contributed by atoms with Crippen LogP contribution in [0.5, 0.6) is 0 Å². The normalized spacial score (nSPS) is 23.9. The van der Waals surface area contributed by atoms with Gasteiger partial charge >= 0.3 is 0 Å². The van der Waals surface area contributed by atoms with Crippen LogP contribution in [0.3, 0.4) is 0 Å². The maximum Gasteiger partial charge on any atom is 0.243 e. The van der Waals surface area contributed by atoms with Crippen molar-refractivity contribution < 1.29 is 4.79 Å². The molecule has 0 aliphatic carbocycles. The molecule has 0 aromatic carbocycles. The number of carbonyl (C=O) groups excluding carboxylic acids is 1. The number of amides is 1. The van der Waals surface area contributed by atoms with E-state index in [1.165, 1.54) is 0 Å². The van der Waals surface area contributed by atoms with Crippen LogP contribution in [0.1, 0.15) is 25.7 Å². The molecule has 0 spiro atoms. The Morgan fingerprint density at radius 1 is 1.33 bits per heavy atom. The highest BCUT2D eigenvalue weighted by atomic mass is 35.5. The number of nitrogens with zero attached hydrogens (tertiary/aromatic N) is 3. The Labute approximate surface area is 151 Å². The molecular weight excluding hydrogens is 346 g/mol. The zero-order chi connectivity index (χ0) is 15.6. The van der Waals surface area contributed by atoms with Gasteiger partial charge in [-0.3, -0.25) is 4.79 Å². The van der Waals surface area contributed by atoms with Gasteiger partial charge in [-0.1, -0.05) is 0 Å². The third kappa shape index (κ3) is 3.34. The van der Waals surface area contributed by atoms with E-state index in [0.717, 1.165) is 61.4 Å². The van der Waals surface area contributed by atoms with Gasteiger partial charge in [0.15, 0.2) is 0 Å². The second-order valence-corrected chi connectivity index (χ2v) is 7.13. The van der Waals surface area contributed by atoms with Crippen molar-refractivity contribution in [1.29, 1.82) is 0 Å². The van der Waals surface area contributed by atoms with Crippen LogP contribution in [-0.4, -0.2) is 47.6 Å². The molecule has 4 heterocycles. The number of hydrogen-bond acceptors (Lipinski definition) is 6.